The number of nitrogens with one attached hydrogen (secondary N) is 1. The first-order valence-electron chi connectivity index (χ1n) is 6.94. The highest BCUT2D eigenvalue weighted by Crippen LogP contribution is 2.22. The molecule has 1 aromatic carbocycles. The topological polar surface area (TPSA) is 72.7 Å². The van der Waals surface area contributed by atoms with Crippen molar-refractivity contribution in [1.82, 2.24) is 25.1 Å². The zero-order valence-corrected chi connectivity index (χ0v) is 14.0. The van der Waals surface area contributed by atoms with Crippen LogP contribution in [0.5, 0.6) is 0 Å². The van der Waals surface area contributed by atoms with Gasteiger partial charge in [-0.15, -0.1) is 10.2 Å². The largest absolute Gasteiger partial charge is 0.341 e. The molecular weight excluding hydrogens is 330 g/mol. The second-order valence-electron chi connectivity index (χ2n) is 4.80. The first-order valence-corrected chi connectivity index (χ1v) is 8.81. The molecule has 0 radical (unpaired) electrons. The summed E-state index contributed by atoms with van der Waals surface area (Å²) in [4.78, 5) is 16.7. The fourth-order valence-electron chi connectivity index (χ4n) is 2.15. The second-order valence-corrected chi connectivity index (χ2v) is 6.86. The van der Waals surface area contributed by atoms with Crippen molar-refractivity contribution in [3.8, 4) is 0 Å². The molecule has 0 unspecified atom stereocenters. The molecule has 23 heavy (non-hydrogen) atoms. The lowest BCUT2D eigenvalue weighted by atomic mass is 10.1. The molecule has 6 nitrogen and oxygen atoms in total. The van der Waals surface area contributed by atoms with Crippen molar-refractivity contribution in [1.29, 1.82) is 0 Å². The van der Waals surface area contributed by atoms with Crippen LogP contribution in [0.3, 0.4) is 0 Å². The lowest BCUT2D eigenvalue weighted by Crippen LogP contribution is -2.32. The number of carbonyl (C=O) groups is 1. The number of carbonyl (C=O) groups excluding carboxylic acids is 1. The van der Waals surface area contributed by atoms with E-state index in [1.54, 1.807) is 11.7 Å². The minimum absolute atomic E-state index is 0.0675. The molecule has 3 aromatic rings. The van der Waals surface area contributed by atoms with Crippen molar-refractivity contribution in [2.75, 3.05) is 5.75 Å². The summed E-state index contributed by atoms with van der Waals surface area (Å²) in [6.45, 7) is 0. The number of hydrogen-bond acceptors (Lipinski definition) is 6. The van der Waals surface area contributed by atoms with Gasteiger partial charge in [0.1, 0.15) is 17.4 Å². The van der Waals surface area contributed by atoms with Crippen LogP contribution in [0.2, 0.25) is 0 Å². The third-order valence-corrected chi connectivity index (χ3v) is 5.08. The van der Waals surface area contributed by atoms with Crippen LogP contribution in [-0.2, 0) is 11.8 Å². The molecule has 0 aliphatic rings. The van der Waals surface area contributed by atoms with Gasteiger partial charge in [0.05, 0.1) is 5.75 Å². The molecule has 0 spiro atoms. The molecule has 2 aromatic heterocycles. The highest BCUT2D eigenvalue weighted by molar-refractivity contribution is 8.01. The van der Waals surface area contributed by atoms with Crippen LogP contribution in [0.4, 0.5) is 0 Å². The Kier molecular flexibility index (Phi) is 5.04. The van der Waals surface area contributed by atoms with Crippen LogP contribution in [0.15, 0.2) is 52.6 Å². The SMILES string of the molecule is Cn1ccnc1[C@H](NC(=O)CSc1nncs1)c1ccccc1. The van der Waals surface area contributed by atoms with E-state index in [0.717, 1.165) is 15.7 Å². The Morgan fingerprint density at radius 3 is 2.87 bits per heavy atom. The molecule has 2 heterocycles. The monoisotopic (exact) mass is 345 g/mol. The normalized spacial score (nSPS) is 12.0. The van der Waals surface area contributed by atoms with Gasteiger partial charge < -0.3 is 9.88 Å². The quantitative estimate of drug-likeness (QED) is 0.694. The predicted octanol–water partition coefficient (Wildman–Crippen LogP) is 2.27. The number of thioether (sulfide) groups is 1. The molecule has 1 N–H and O–H groups in total. The molecule has 3 rings (SSSR count). The van der Waals surface area contributed by atoms with E-state index in [1.165, 1.54) is 23.1 Å². The van der Waals surface area contributed by atoms with E-state index in [0.29, 0.717) is 5.75 Å². The summed E-state index contributed by atoms with van der Waals surface area (Å²) in [6, 6.07) is 9.54. The van der Waals surface area contributed by atoms with E-state index in [9.17, 15) is 4.79 Å². The maximum atomic E-state index is 12.3. The highest BCUT2D eigenvalue weighted by atomic mass is 32.2. The van der Waals surface area contributed by atoms with Crippen LogP contribution in [-0.4, -0.2) is 31.4 Å². The van der Waals surface area contributed by atoms with Crippen molar-refractivity contribution in [3.05, 3.63) is 59.6 Å². The van der Waals surface area contributed by atoms with Crippen molar-refractivity contribution in [2.45, 2.75) is 10.4 Å². The number of nitrogens with zero attached hydrogens (tertiary/aromatic N) is 4. The molecule has 118 valence electrons. The average Bonchev–Trinajstić information content (AvgIpc) is 3.23. The Morgan fingerprint density at radius 2 is 2.22 bits per heavy atom. The third kappa shape index (κ3) is 3.96. The summed E-state index contributed by atoms with van der Waals surface area (Å²) < 4.78 is 2.70. The van der Waals surface area contributed by atoms with Gasteiger partial charge in [-0.2, -0.15) is 0 Å². The molecule has 0 saturated heterocycles. The summed E-state index contributed by atoms with van der Waals surface area (Å²) >= 11 is 2.80. The number of amides is 1. The first kappa shape index (κ1) is 15.7. The molecule has 8 heteroatoms. The number of rotatable bonds is 6. The Hall–Kier alpha value is -2.19. The van der Waals surface area contributed by atoms with Gasteiger partial charge in [-0.05, 0) is 5.56 Å². The van der Waals surface area contributed by atoms with Crippen LogP contribution in [0.25, 0.3) is 0 Å². The molecule has 0 saturated carbocycles. The van der Waals surface area contributed by atoms with Crippen molar-refractivity contribution >= 4 is 29.0 Å². The van der Waals surface area contributed by atoms with Gasteiger partial charge in [0.2, 0.25) is 5.91 Å². The number of benzene rings is 1. The van der Waals surface area contributed by atoms with E-state index >= 15 is 0 Å². The molecular formula is C15H15N5OS2. The van der Waals surface area contributed by atoms with Crippen LogP contribution in [0, 0.1) is 0 Å². The van der Waals surface area contributed by atoms with Gasteiger partial charge in [0.25, 0.3) is 0 Å². The molecule has 0 fully saturated rings. The number of aryl methyl sites for hydroxylation is 1. The van der Waals surface area contributed by atoms with E-state index in [2.05, 4.69) is 20.5 Å². The second kappa shape index (κ2) is 7.38. The summed E-state index contributed by atoms with van der Waals surface area (Å²) in [7, 11) is 1.92. The lowest BCUT2D eigenvalue weighted by molar-refractivity contribution is -0.119. The van der Waals surface area contributed by atoms with Gasteiger partial charge in [0.15, 0.2) is 4.34 Å². The zero-order chi connectivity index (χ0) is 16.1. The highest BCUT2D eigenvalue weighted by Gasteiger charge is 2.20. The maximum absolute atomic E-state index is 12.3. The summed E-state index contributed by atoms with van der Waals surface area (Å²) in [5, 5.41) is 10.7. The Labute approximate surface area is 142 Å². The van der Waals surface area contributed by atoms with Crippen molar-refractivity contribution in [2.24, 2.45) is 7.05 Å². The molecule has 0 aliphatic heterocycles. The van der Waals surface area contributed by atoms with Crippen molar-refractivity contribution < 1.29 is 4.79 Å². The Bertz CT molecular complexity index is 757. The zero-order valence-electron chi connectivity index (χ0n) is 12.4. The Morgan fingerprint density at radius 1 is 1.39 bits per heavy atom. The van der Waals surface area contributed by atoms with Gasteiger partial charge in [-0.1, -0.05) is 53.4 Å². The smallest absolute Gasteiger partial charge is 0.231 e. The van der Waals surface area contributed by atoms with Gasteiger partial charge >= 0.3 is 0 Å². The minimum Gasteiger partial charge on any atom is -0.341 e. The van der Waals surface area contributed by atoms with Crippen LogP contribution < -0.4 is 5.32 Å². The standard InChI is InChI=1S/C15H15N5OS2/c1-20-8-7-16-14(20)13(11-5-3-2-4-6-11)18-12(21)9-22-15-19-17-10-23-15/h2-8,10,13H,9H2,1H3,(H,18,21)/t13-/m1/s1. The lowest BCUT2D eigenvalue weighted by Gasteiger charge is -2.19. The average molecular weight is 345 g/mol. The minimum atomic E-state index is -0.279. The number of hydrogen-bond donors (Lipinski definition) is 1. The van der Waals surface area contributed by atoms with Gasteiger partial charge in [0, 0.05) is 19.4 Å². The van der Waals surface area contributed by atoms with Crippen LogP contribution in [0.1, 0.15) is 17.4 Å². The fourth-order valence-corrected chi connectivity index (χ4v) is 3.45. The third-order valence-electron chi connectivity index (χ3n) is 3.22. The molecule has 0 bridgehead atoms. The summed E-state index contributed by atoms with van der Waals surface area (Å²) in [6.07, 6.45) is 3.60. The maximum Gasteiger partial charge on any atom is 0.231 e. The Balaban J connectivity index is 1.74. The van der Waals surface area contributed by atoms with Crippen LogP contribution >= 0.6 is 23.1 Å². The van der Waals surface area contributed by atoms with E-state index in [1.807, 2.05) is 48.1 Å². The predicted molar refractivity (Wildman–Crippen MR) is 90.3 cm³/mol. The van der Waals surface area contributed by atoms with Gasteiger partial charge in [-0.3, -0.25) is 4.79 Å². The summed E-state index contributed by atoms with van der Waals surface area (Å²) in [5.41, 5.74) is 2.65. The van der Waals surface area contributed by atoms with E-state index < -0.39 is 0 Å². The molecule has 1 atom stereocenters. The van der Waals surface area contributed by atoms with E-state index in [4.69, 9.17) is 0 Å². The molecule has 1 amide bonds. The molecule has 0 aliphatic carbocycles. The first-order chi connectivity index (χ1) is 11.2. The van der Waals surface area contributed by atoms with E-state index in [-0.39, 0.29) is 11.9 Å². The number of aromatic nitrogens is 4. The fraction of sp³-hybridized carbons (Fsp3) is 0.200. The number of imidazole rings is 1. The summed E-state index contributed by atoms with van der Waals surface area (Å²) in [5.74, 6) is 1.02. The van der Waals surface area contributed by atoms with Gasteiger partial charge in [-0.25, -0.2) is 4.98 Å². The van der Waals surface area contributed by atoms with Crippen molar-refractivity contribution in [3.63, 3.8) is 0 Å².